The van der Waals surface area contributed by atoms with E-state index < -0.39 is 0 Å². The Hall–Kier alpha value is -2.88. The number of ether oxygens (including phenoxy) is 3. The molecule has 31 heavy (non-hydrogen) atoms. The van der Waals surface area contributed by atoms with Crippen molar-refractivity contribution in [3.8, 4) is 11.5 Å². The molecule has 5 rings (SSSR count). The third-order valence-corrected chi connectivity index (χ3v) is 6.40. The zero-order chi connectivity index (χ0) is 21.5. The van der Waals surface area contributed by atoms with Gasteiger partial charge in [-0.3, -0.25) is 0 Å². The molecule has 10 heteroatoms. The second kappa shape index (κ2) is 7.99. The van der Waals surface area contributed by atoms with E-state index in [9.17, 15) is 0 Å². The number of rotatable bonds is 4. The summed E-state index contributed by atoms with van der Waals surface area (Å²) in [6.45, 7) is 2.73. The predicted octanol–water partition coefficient (Wildman–Crippen LogP) is 3.85. The Morgan fingerprint density at radius 1 is 1.23 bits per heavy atom. The number of hydrazone groups is 1. The van der Waals surface area contributed by atoms with Crippen LogP contribution in [0.1, 0.15) is 28.6 Å². The maximum absolute atomic E-state index is 6.34. The van der Waals surface area contributed by atoms with Gasteiger partial charge < -0.3 is 19.9 Å². The van der Waals surface area contributed by atoms with Crippen LogP contribution >= 0.6 is 22.9 Å². The lowest BCUT2D eigenvalue weighted by Crippen LogP contribution is -2.29. The zero-order valence-corrected chi connectivity index (χ0v) is 18.5. The van der Waals surface area contributed by atoms with Gasteiger partial charge in [-0.25, -0.2) is 5.01 Å². The summed E-state index contributed by atoms with van der Waals surface area (Å²) in [4.78, 5) is 0. The van der Waals surface area contributed by atoms with Gasteiger partial charge in [-0.05, 0) is 43.2 Å². The fourth-order valence-corrected chi connectivity index (χ4v) is 4.72. The van der Waals surface area contributed by atoms with E-state index in [1.54, 1.807) is 13.2 Å². The second-order valence-corrected chi connectivity index (χ2v) is 8.80. The Morgan fingerprint density at radius 3 is 2.81 bits per heavy atom. The van der Waals surface area contributed by atoms with Crippen LogP contribution in [0.25, 0.3) is 0 Å². The lowest BCUT2D eigenvalue weighted by molar-refractivity contribution is 0.174. The van der Waals surface area contributed by atoms with E-state index in [1.807, 2.05) is 29.3 Å². The summed E-state index contributed by atoms with van der Waals surface area (Å²) in [5.41, 5.74) is 10.1. The van der Waals surface area contributed by atoms with Gasteiger partial charge in [-0.1, -0.05) is 29.0 Å². The summed E-state index contributed by atoms with van der Waals surface area (Å²) in [7, 11) is 1.64. The number of benzene rings is 2. The minimum absolute atomic E-state index is 0.0317. The summed E-state index contributed by atoms with van der Waals surface area (Å²) in [5, 5.41) is 17.5. The van der Waals surface area contributed by atoms with Gasteiger partial charge in [0.15, 0.2) is 11.5 Å². The molecule has 2 N–H and O–H groups in total. The summed E-state index contributed by atoms with van der Waals surface area (Å²) >= 11 is 7.80. The van der Waals surface area contributed by atoms with E-state index in [0.717, 1.165) is 39.6 Å². The van der Waals surface area contributed by atoms with Gasteiger partial charge in [0.2, 0.25) is 11.9 Å². The number of halogens is 1. The third kappa shape index (κ3) is 3.69. The highest BCUT2D eigenvalue weighted by Gasteiger charge is 2.29. The molecule has 2 aromatic carbocycles. The first-order chi connectivity index (χ1) is 15.0. The molecule has 0 aliphatic carbocycles. The first-order valence-corrected chi connectivity index (χ1v) is 10.9. The van der Waals surface area contributed by atoms with Crippen molar-refractivity contribution in [1.29, 1.82) is 0 Å². The molecule has 8 nitrogen and oxygen atoms in total. The lowest BCUT2D eigenvalue weighted by Gasteiger charge is -2.21. The van der Waals surface area contributed by atoms with E-state index in [4.69, 9.17) is 36.6 Å². The highest BCUT2D eigenvalue weighted by atomic mass is 35.5. The lowest BCUT2D eigenvalue weighted by atomic mass is 9.94. The summed E-state index contributed by atoms with van der Waals surface area (Å²) in [6.07, 6.45) is 0.737. The quantitative estimate of drug-likeness (QED) is 0.594. The molecular formula is C21H20ClN5O3S. The number of anilines is 2. The minimum atomic E-state index is 0.0317. The maximum Gasteiger partial charge on any atom is 0.231 e. The van der Waals surface area contributed by atoms with Crippen LogP contribution in [-0.2, 0) is 17.8 Å². The number of hydrogen-bond donors (Lipinski definition) is 1. The van der Waals surface area contributed by atoms with E-state index >= 15 is 0 Å². The van der Waals surface area contributed by atoms with Crippen molar-refractivity contribution in [2.45, 2.75) is 26.0 Å². The molecule has 0 fully saturated rings. The first-order valence-electron chi connectivity index (χ1n) is 9.71. The fourth-order valence-electron chi connectivity index (χ4n) is 3.68. The number of methoxy groups -OCH3 is 1. The van der Waals surface area contributed by atoms with Gasteiger partial charge in [0.1, 0.15) is 11.6 Å². The molecule has 2 aliphatic heterocycles. The summed E-state index contributed by atoms with van der Waals surface area (Å²) in [5.74, 6) is 1.44. The Kier molecular flexibility index (Phi) is 5.17. The van der Waals surface area contributed by atoms with Crippen molar-refractivity contribution in [3.63, 3.8) is 0 Å². The minimum Gasteiger partial charge on any atom is -0.454 e. The molecule has 0 bridgehead atoms. The fraction of sp³-hybridized carbons (Fsp3) is 0.286. The van der Waals surface area contributed by atoms with Gasteiger partial charge >= 0.3 is 0 Å². The molecule has 0 amide bonds. The monoisotopic (exact) mass is 457 g/mol. The highest BCUT2D eigenvalue weighted by molar-refractivity contribution is 7.15. The van der Waals surface area contributed by atoms with Crippen LogP contribution < -0.4 is 20.2 Å². The second-order valence-electron chi connectivity index (χ2n) is 7.36. The molecule has 3 aromatic rings. The molecule has 1 aromatic heterocycles. The summed E-state index contributed by atoms with van der Waals surface area (Å²) < 4.78 is 16.4. The molecular weight excluding hydrogens is 438 g/mol. The molecule has 160 valence electrons. The SMILES string of the molecule is COCc1nnc(N2N=C(c3ccc(N)c(Cl)c3)c3cc4c(cc3CC2C)OCO4)s1. The maximum atomic E-state index is 6.34. The van der Waals surface area contributed by atoms with Crippen LogP contribution in [0.15, 0.2) is 35.4 Å². The Bertz CT molecular complexity index is 1180. The Balaban J connectivity index is 1.67. The Labute approximate surface area is 188 Å². The van der Waals surface area contributed by atoms with E-state index in [-0.39, 0.29) is 12.8 Å². The normalized spacial score (nSPS) is 17.3. The van der Waals surface area contributed by atoms with Crippen molar-refractivity contribution < 1.29 is 14.2 Å². The topological polar surface area (TPSA) is 95.1 Å². The molecule has 1 unspecified atom stereocenters. The molecule has 0 spiro atoms. The van der Waals surface area contributed by atoms with E-state index in [0.29, 0.717) is 28.2 Å². The number of fused-ring (bicyclic) bond motifs is 2. The van der Waals surface area contributed by atoms with Crippen LogP contribution in [-0.4, -0.2) is 35.9 Å². The van der Waals surface area contributed by atoms with Crippen LogP contribution in [0, 0.1) is 0 Å². The van der Waals surface area contributed by atoms with Crippen LogP contribution in [0.5, 0.6) is 11.5 Å². The summed E-state index contributed by atoms with van der Waals surface area (Å²) in [6, 6.07) is 9.57. The van der Waals surface area contributed by atoms with Gasteiger partial charge in [0.05, 0.1) is 22.5 Å². The van der Waals surface area contributed by atoms with Crippen molar-refractivity contribution >= 4 is 39.5 Å². The van der Waals surface area contributed by atoms with Crippen molar-refractivity contribution in [2.75, 3.05) is 24.6 Å². The molecule has 0 radical (unpaired) electrons. The van der Waals surface area contributed by atoms with Gasteiger partial charge in [0.25, 0.3) is 0 Å². The predicted molar refractivity (Wildman–Crippen MR) is 120 cm³/mol. The van der Waals surface area contributed by atoms with Gasteiger partial charge in [-0.2, -0.15) is 5.10 Å². The molecule has 0 saturated heterocycles. The van der Waals surface area contributed by atoms with Crippen molar-refractivity contribution in [1.82, 2.24) is 10.2 Å². The molecule has 1 atom stereocenters. The van der Waals surface area contributed by atoms with Crippen molar-refractivity contribution in [3.05, 3.63) is 57.1 Å². The average Bonchev–Trinajstić information content (AvgIpc) is 3.37. The Morgan fingerprint density at radius 2 is 2.03 bits per heavy atom. The van der Waals surface area contributed by atoms with Crippen LogP contribution in [0.4, 0.5) is 10.8 Å². The third-order valence-electron chi connectivity index (χ3n) is 5.19. The molecule has 2 aliphatic rings. The first kappa shape index (κ1) is 20.0. The number of nitrogens with two attached hydrogens (primary N) is 1. The highest BCUT2D eigenvalue weighted by Crippen LogP contribution is 2.39. The standard InChI is InChI=1S/C21H20ClN5O3S/c1-11-5-13-7-17-18(30-10-29-17)8-14(13)20(12-3-4-16(23)15(22)6-12)26-27(11)21-25-24-19(31-21)9-28-2/h3-4,6-8,11H,5,9-10,23H2,1-2H3. The van der Waals surface area contributed by atoms with Crippen LogP contribution in [0.3, 0.4) is 0 Å². The zero-order valence-electron chi connectivity index (χ0n) is 17.0. The van der Waals surface area contributed by atoms with Crippen LogP contribution in [0.2, 0.25) is 5.02 Å². The van der Waals surface area contributed by atoms with Gasteiger partial charge in [0, 0.05) is 18.2 Å². The number of hydrogen-bond acceptors (Lipinski definition) is 9. The molecule has 3 heterocycles. The van der Waals surface area contributed by atoms with Crippen molar-refractivity contribution in [2.24, 2.45) is 5.10 Å². The number of nitrogens with zero attached hydrogens (tertiary/aromatic N) is 4. The molecule has 0 saturated carbocycles. The van der Waals surface area contributed by atoms with E-state index in [1.165, 1.54) is 11.3 Å². The average molecular weight is 458 g/mol. The smallest absolute Gasteiger partial charge is 0.231 e. The van der Waals surface area contributed by atoms with E-state index in [2.05, 4.69) is 17.1 Å². The number of aromatic nitrogens is 2. The van der Waals surface area contributed by atoms with Gasteiger partial charge in [-0.15, -0.1) is 10.2 Å². The number of nitrogen functional groups attached to an aromatic ring is 1. The largest absolute Gasteiger partial charge is 0.454 e.